The van der Waals surface area contributed by atoms with Crippen LogP contribution in [0.15, 0.2) is 10.2 Å². The molecule has 2 saturated carbocycles. The molecule has 0 bridgehead atoms. The summed E-state index contributed by atoms with van der Waals surface area (Å²) in [5, 5.41) is 8.21. The molecule has 0 aromatic carbocycles. The van der Waals surface area contributed by atoms with Crippen molar-refractivity contribution in [3.8, 4) is 0 Å². The highest BCUT2D eigenvalue weighted by Gasteiger charge is 2.19. The van der Waals surface area contributed by atoms with Gasteiger partial charge in [-0.1, -0.05) is 26.7 Å². The maximum absolute atomic E-state index is 11.7. The first kappa shape index (κ1) is 16.6. The van der Waals surface area contributed by atoms with Gasteiger partial charge in [-0.15, -0.1) is 0 Å². The molecule has 122 valence electrons. The van der Waals surface area contributed by atoms with Crippen LogP contribution in [-0.4, -0.2) is 23.2 Å². The highest BCUT2D eigenvalue weighted by Crippen LogP contribution is 2.21. The fourth-order valence-electron chi connectivity index (χ4n) is 3.02. The average molecular weight is 306 g/mol. The Morgan fingerprint density at radius 1 is 0.818 bits per heavy atom. The van der Waals surface area contributed by atoms with Gasteiger partial charge < -0.3 is 0 Å². The number of amides is 2. The summed E-state index contributed by atoms with van der Waals surface area (Å²) >= 11 is 0. The lowest BCUT2D eigenvalue weighted by atomic mass is 9.89. The summed E-state index contributed by atoms with van der Waals surface area (Å²) < 4.78 is 0. The van der Waals surface area contributed by atoms with Crippen LogP contribution in [-0.2, 0) is 9.59 Å². The number of carbonyl (C=O) groups excluding carboxylic acids is 2. The number of nitrogens with zero attached hydrogens (tertiary/aromatic N) is 2. The smallest absolute Gasteiger partial charge is 0.262 e. The zero-order valence-corrected chi connectivity index (χ0v) is 13.5. The van der Waals surface area contributed by atoms with E-state index in [4.69, 9.17) is 0 Å². The van der Waals surface area contributed by atoms with Crippen molar-refractivity contribution in [1.29, 1.82) is 0 Å². The highest BCUT2D eigenvalue weighted by molar-refractivity contribution is 6.35. The van der Waals surface area contributed by atoms with Crippen LogP contribution in [0.3, 0.4) is 0 Å². The Bertz CT molecular complexity index is 441. The van der Waals surface area contributed by atoms with Crippen LogP contribution in [0.25, 0.3) is 0 Å². The molecule has 22 heavy (non-hydrogen) atoms. The van der Waals surface area contributed by atoms with Crippen LogP contribution in [0, 0.1) is 11.8 Å². The first-order chi connectivity index (χ1) is 10.6. The molecule has 2 aliphatic carbocycles. The molecule has 0 aliphatic heterocycles. The third-order valence-corrected chi connectivity index (χ3v) is 4.59. The van der Waals surface area contributed by atoms with Crippen LogP contribution in [0.1, 0.15) is 65.2 Å². The van der Waals surface area contributed by atoms with E-state index in [1.165, 1.54) is 12.8 Å². The molecule has 0 aromatic heterocycles. The molecule has 6 heteroatoms. The average Bonchev–Trinajstić information content (AvgIpc) is 2.52. The second kappa shape index (κ2) is 8.06. The van der Waals surface area contributed by atoms with Crippen molar-refractivity contribution in [2.75, 3.05) is 0 Å². The second-order valence-corrected chi connectivity index (χ2v) is 6.38. The lowest BCUT2D eigenvalue weighted by Crippen LogP contribution is -2.37. The Hall–Kier alpha value is -1.72. The third-order valence-electron chi connectivity index (χ3n) is 4.59. The van der Waals surface area contributed by atoms with Crippen LogP contribution in [0.2, 0.25) is 0 Å². The number of carbonyl (C=O) groups is 2. The summed E-state index contributed by atoms with van der Waals surface area (Å²) in [6.07, 6.45) is 8.55. The largest absolute Gasteiger partial charge is 0.331 e. The predicted octanol–water partition coefficient (Wildman–Crippen LogP) is 2.35. The van der Waals surface area contributed by atoms with Gasteiger partial charge in [-0.05, 0) is 50.4 Å². The quantitative estimate of drug-likeness (QED) is 0.606. The standard InChI is InChI=1S/C16H26N4O2/c1-11-7-3-5-9-13(11)17-19-15(21)16(22)20-18-14-10-6-4-8-12(14)2/h11-12H,3-10H2,1-2H3,(H,19,21)(H,20,22)/b17-13-,18-14?/t11-,12+/m1/s1. The van der Waals surface area contributed by atoms with Crippen LogP contribution in [0.5, 0.6) is 0 Å². The van der Waals surface area contributed by atoms with E-state index >= 15 is 0 Å². The van der Waals surface area contributed by atoms with Gasteiger partial charge in [0.1, 0.15) is 0 Å². The van der Waals surface area contributed by atoms with Crippen LogP contribution >= 0.6 is 0 Å². The number of nitrogens with one attached hydrogen (secondary N) is 2. The maximum Gasteiger partial charge on any atom is 0.331 e. The molecule has 0 spiro atoms. The SMILES string of the molecule is C[C@@H]1CCCC/C1=N/NC(=O)C(=O)NN=C1CCCC[C@@H]1C. The molecular formula is C16H26N4O2. The Balaban J connectivity index is 1.83. The first-order valence-corrected chi connectivity index (χ1v) is 8.31. The van der Waals surface area contributed by atoms with E-state index in [0.717, 1.165) is 49.9 Å². The van der Waals surface area contributed by atoms with Gasteiger partial charge in [-0.3, -0.25) is 9.59 Å². The predicted molar refractivity (Wildman–Crippen MR) is 86.4 cm³/mol. The third kappa shape index (κ3) is 4.64. The number of hydrogen-bond donors (Lipinski definition) is 2. The van der Waals surface area contributed by atoms with E-state index in [2.05, 4.69) is 34.9 Å². The van der Waals surface area contributed by atoms with E-state index in [1.54, 1.807) is 0 Å². The molecule has 0 aromatic rings. The first-order valence-electron chi connectivity index (χ1n) is 8.31. The molecular weight excluding hydrogens is 280 g/mol. The minimum atomic E-state index is -0.752. The summed E-state index contributed by atoms with van der Waals surface area (Å²) in [7, 11) is 0. The van der Waals surface area contributed by atoms with Crippen LogP contribution < -0.4 is 10.9 Å². The highest BCUT2D eigenvalue weighted by atomic mass is 16.2. The van der Waals surface area contributed by atoms with Crippen molar-refractivity contribution in [2.24, 2.45) is 22.0 Å². The Kier molecular flexibility index (Phi) is 6.10. The lowest BCUT2D eigenvalue weighted by molar-refractivity contribution is -0.139. The summed E-state index contributed by atoms with van der Waals surface area (Å²) in [6, 6.07) is 0. The molecule has 2 aliphatic rings. The molecule has 6 nitrogen and oxygen atoms in total. The summed E-state index contributed by atoms with van der Waals surface area (Å²) in [6.45, 7) is 4.20. The van der Waals surface area contributed by atoms with Crippen molar-refractivity contribution < 1.29 is 9.59 Å². The van der Waals surface area contributed by atoms with E-state index in [-0.39, 0.29) is 0 Å². The van der Waals surface area contributed by atoms with Gasteiger partial charge in [0.25, 0.3) is 0 Å². The van der Waals surface area contributed by atoms with Gasteiger partial charge in [0.15, 0.2) is 0 Å². The Labute approximate surface area is 131 Å². The molecule has 0 saturated heterocycles. The normalized spacial score (nSPS) is 29.4. The van der Waals surface area contributed by atoms with Crippen molar-refractivity contribution >= 4 is 23.2 Å². The van der Waals surface area contributed by atoms with Gasteiger partial charge in [0, 0.05) is 11.4 Å². The molecule has 2 fully saturated rings. The monoisotopic (exact) mass is 306 g/mol. The Morgan fingerprint density at radius 2 is 1.23 bits per heavy atom. The number of rotatable bonds is 2. The number of hydrazone groups is 2. The van der Waals surface area contributed by atoms with E-state index in [9.17, 15) is 9.59 Å². The molecule has 0 heterocycles. The molecule has 0 radical (unpaired) electrons. The van der Waals surface area contributed by atoms with Gasteiger partial charge in [-0.25, -0.2) is 10.9 Å². The fourth-order valence-corrected chi connectivity index (χ4v) is 3.02. The fraction of sp³-hybridized carbons (Fsp3) is 0.750. The van der Waals surface area contributed by atoms with Crippen molar-refractivity contribution in [3.63, 3.8) is 0 Å². The van der Waals surface area contributed by atoms with Crippen LogP contribution in [0.4, 0.5) is 0 Å². The van der Waals surface area contributed by atoms with Gasteiger partial charge in [0.2, 0.25) is 0 Å². The molecule has 0 unspecified atom stereocenters. The molecule has 2 N–H and O–H groups in total. The second-order valence-electron chi connectivity index (χ2n) is 6.38. The topological polar surface area (TPSA) is 82.9 Å². The van der Waals surface area contributed by atoms with Crippen molar-refractivity contribution in [2.45, 2.75) is 65.2 Å². The van der Waals surface area contributed by atoms with Crippen molar-refractivity contribution in [1.82, 2.24) is 10.9 Å². The van der Waals surface area contributed by atoms with Gasteiger partial charge in [0.05, 0.1) is 0 Å². The van der Waals surface area contributed by atoms with Gasteiger partial charge >= 0.3 is 11.8 Å². The summed E-state index contributed by atoms with van der Waals surface area (Å²) in [5.41, 5.74) is 6.64. The zero-order chi connectivity index (χ0) is 15.9. The zero-order valence-electron chi connectivity index (χ0n) is 13.5. The lowest BCUT2D eigenvalue weighted by Gasteiger charge is -2.20. The van der Waals surface area contributed by atoms with Gasteiger partial charge in [-0.2, -0.15) is 10.2 Å². The summed E-state index contributed by atoms with van der Waals surface area (Å²) in [5.74, 6) is -0.753. The molecule has 2 amide bonds. The maximum atomic E-state index is 11.7. The Morgan fingerprint density at radius 3 is 1.59 bits per heavy atom. The van der Waals surface area contributed by atoms with Crippen molar-refractivity contribution in [3.05, 3.63) is 0 Å². The minimum absolute atomic E-state index is 0.375. The van der Waals surface area contributed by atoms with E-state index in [1.807, 2.05) is 0 Å². The number of hydrogen-bond acceptors (Lipinski definition) is 4. The molecule has 2 rings (SSSR count). The minimum Gasteiger partial charge on any atom is -0.262 e. The summed E-state index contributed by atoms with van der Waals surface area (Å²) in [4.78, 5) is 23.5. The molecule has 2 atom stereocenters. The van der Waals surface area contributed by atoms with E-state index < -0.39 is 11.8 Å². The van der Waals surface area contributed by atoms with E-state index in [0.29, 0.717) is 11.8 Å².